The summed E-state index contributed by atoms with van der Waals surface area (Å²) in [4.78, 5) is 18.7. The van der Waals surface area contributed by atoms with Gasteiger partial charge in [-0.1, -0.05) is 30.3 Å². The molecule has 0 bridgehead atoms. The highest BCUT2D eigenvalue weighted by Gasteiger charge is 2.23. The van der Waals surface area contributed by atoms with Crippen molar-refractivity contribution in [2.45, 2.75) is 31.8 Å². The van der Waals surface area contributed by atoms with Gasteiger partial charge in [0, 0.05) is 24.9 Å². The number of carbonyl (C=O) groups is 1. The number of likely N-dealkylation sites (tertiary alicyclic amines) is 1. The summed E-state index contributed by atoms with van der Waals surface area (Å²) in [5, 5.41) is 12.4. The molecule has 116 valence electrons. The molecule has 0 unspecified atom stereocenters. The summed E-state index contributed by atoms with van der Waals surface area (Å²) in [6, 6.07) is 10.3. The van der Waals surface area contributed by atoms with Crippen molar-refractivity contribution in [1.82, 2.24) is 9.88 Å². The van der Waals surface area contributed by atoms with Gasteiger partial charge in [0.15, 0.2) is 0 Å². The fourth-order valence-electron chi connectivity index (χ4n) is 2.65. The van der Waals surface area contributed by atoms with Crippen molar-refractivity contribution in [3.63, 3.8) is 0 Å². The number of thiazole rings is 1. The van der Waals surface area contributed by atoms with E-state index in [0.29, 0.717) is 31.6 Å². The molecule has 0 saturated carbocycles. The quantitative estimate of drug-likeness (QED) is 0.943. The number of rotatable bonds is 4. The number of carbonyl (C=O) groups excluding carboxylic acids is 1. The van der Waals surface area contributed by atoms with Gasteiger partial charge in [-0.2, -0.15) is 0 Å². The van der Waals surface area contributed by atoms with E-state index >= 15 is 0 Å². The number of piperidine rings is 1. The second kappa shape index (κ2) is 7.03. The molecule has 1 aliphatic rings. The predicted octanol–water partition coefficient (Wildman–Crippen LogP) is 2.53. The number of hydrogen-bond acceptors (Lipinski definition) is 4. The Morgan fingerprint density at radius 1 is 1.23 bits per heavy atom. The van der Waals surface area contributed by atoms with Crippen LogP contribution in [0.25, 0.3) is 0 Å². The van der Waals surface area contributed by atoms with Crippen molar-refractivity contribution in [3.8, 4) is 0 Å². The van der Waals surface area contributed by atoms with E-state index in [9.17, 15) is 9.90 Å². The Kier molecular flexibility index (Phi) is 4.85. The maximum atomic E-state index is 12.4. The molecule has 1 aromatic heterocycles. The largest absolute Gasteiger partial charge is 0.393 e. The number of aromatic nitrogens is 1. The Hall–Kier alpha value is -1.72. The van der Waals surface area contributed by atoms with E-state index in [2.05, 4.69) is 17.1 Å². The van der Waals surface area contributed by atoms with Crippen LogP contribution in [0.1, 0.15) is 33.9 Å². The number of amides is 1. The first-order valence-corrected chi connectivity index (χ1v) is 8.56. The number of benzene rings is 1. The van der Waals surface area contributed by atoms with Gasteiger partial charge < -0.3 is 10.0 Å². The lowest BCUT2D eigenvalue weighted by atomic mass is 10.1. The highest BCUT2D eigenvalue weighted by atomic mass is 32.1. The normalized spacial score (nSPS) is 16.0. The lowest BCUT2D eigenvalue weighted by molar-refractivity contribution is 0.0542. The zero-order chi connectivity index (χ0) is 15.4. The molecule has 1 amide bonds. The highest BCUT2D eigenvalue weighted by Crippen LogP contribution is 2.17. The molecule has 5 heteroatoms. The maximum Gasteiger partial charge on any atom is 0.273 e. The number of aliphatic hydroxyl groups is 1. The zero-order valence-corrected chi connectivity index (χ0v) is 13.3. The maximum absolute atomic E-state index is 12.4. The second-order valence-electron chi connectivity index (χ2n) is 5.64. The van der Waals surface area contributed by atoms with Crippen molar-refractivity contribution in [1.29, 1.82) is 0 Å². The molecule has 4 nitrogen and oxygen atoms in total. The van der Waals surface area contributed by atoms with Gasteiger partial charge in [-0.3, -0.25) is 4.79 Å². The molecule has 3 rings (SSSR count). The van der Waals surface area contributed by atoms with E-state index < -0.39 is 0 Å². The van der Waals surface area contributed by atoms with Gasteiger partial charge in [-0.25, -0.2) is 4.98 Å². The molecule has 2 heterocycles. The summed E-state index contributed by atoms with van der Waals surface area (Å²) in [5.74, 6) is -0.00545. The van der Waals surface area contributed by atoms with Crippen LogP contribution in [0.5, 0.6) is 0 Å². The molecule has 1 saturated heterocycles. The molecule has 1 aliphatic heterocycles. The van der Waals surface area contributed by atoms with Crippen molar-refractivity contribution >= 4 is 17.2 Å². The van der Waals surface area contributed by atoms with Crippen LogP contribution < -0.4 is 0 Å². The number of aliphatic hydroxyl groups excluding tert-OH is 1. The van der Waals surface area contributed by atoms with E-state index in [-0.39, 0.29) is 12.0 Å². The fraction of sp³-hybridized carbons (Fsp3) is 0.412. The van der Waals surface area contributed by atoms with Gasteiger partial charge in [-0.15, -0.1) is 11.3 Å². The van der Waals surface area contributed by atoms with Gasteiger partial charge >= 0.3 is 0 Å². The molecule has 2 aromatic rings. The Morgan fingerprint density at radius 2 is 1.95 bits per heavy atom. The van der Waals surface area contributed by atoms with E-state index in [4.69, 9.17) is 0 Å². The summed E-state index contributed by atoms with van der Waals surface area (Å²) in [7, 11) is 0. The van der Waals surface area contributed by atoms with E-state index in [1.165, 1.54) is 5.56 Å². The number of hydrogen-bond donors (Lipinski definition) is 1. The number of nitrogens with zero attached hydrogens (tertiary/aromatic N) is 2. The van der Waals surface area contributed by atoms with E-state index in [0.717, 1.165) is 17.8 Å². The van der Waals surface area contributed by atoms with E-state index in [1.807, 2.05) is 23.6 Å². The summed E-state index contributed by atoms with van der Waals surface area (Å²) >= 11 is 1.55. The Labute approximate surface area is 134 Å². The lowest BCUT2D eigenvalue weighted by Gasteiger charge is -2.28. The molecule has 22 heavy (non-hydrogen) atoms. The topological polar surface area (TPSA) is 53.4 Å². The van der Waals surface area contributed by atoms with Gasteiger partial charge in [0.25, 0.3) is 5.91 Å². The number of aryl methyl sites for hydroxylation is 2. The minimum atomic E-state index is -0.263. The minimum absolute atomic E-state index is 0.00545. The Morgan fingerprint density at radius 3 is 2.68 bits per heavy atom. The van der Waals surface area contributed by atoms with Crippen LogP contribution in [0.15, 0.2) is 35.7 Å². The molecule has 1 fully saturated rings. The molecule has 1 N–H and O–H groups in total. The smallest absolute Gasteiger partial charge is 0.273 e. The van der Waals surface area contributed by atoms with Crippen LogP contribution in [0.2, 0.25) is 0 Å². The first kappa shape index (κ1) is 15.2. The molecule has 0 atom stereocenters. The summed E-state index contributed by atoms with van der Waals surface area (Å²) in [5.41, 5.74) is 1.83. The molecule has 1 aromatic carbocycles. The monoisotopic (exact) mass is 316 g/mol. The van der Waals surface area contributed by atoms with E-state index in [1.54, 1.807) is 16.2 Å². The van der Waals surface area contributed by atoms with Crippen LogP contribution in [0, 0.1) is 0 Å². The summed E-state index contributed by atoms with van der Waals surface area (Å²) < 4.78 is 0. The predicted molar refractivity (Wildman–Crippen MR) is 87.1 cm³/mol. The standard InChI is InChI=1S/C17H20N2O2S/c20-14-8-10-19(11-9-14)17(21)15-12-22-16(18-15)7-6-13-4-2-1-3-5-13/h1-5,12,14,20H,6-11H2. The third-order valence-electron chi connectivity index (χ3n) is 3.99. The zero-order valence-electron chi connectivity index (χ0n) is 12.4. The first-order valence-electron chi connectivity index (χ1n) is 7.68. The molecular weight excluding hydrogens is 296 g/mol. The van der Waals surface area contributed by atoms with Gasteiger partial charge in [-0.05, 0) is 24.8 Å². The van der Waals surface area contributed by atoms with Crippen molar-refractivity contribution in [3.05, 3.63) is 52.0 Å². The Balaban J connectivity index is 1.57. The lowest BCUT2D eigenvalue weighted by Crippen LogP contribution is -2.40. The average Bonchev–Trinajstić information content (AvgIpc) is 3.03. The molecular formula is C17H20N2O2S. The fourth-order valence-corrected chi connectivity index (χ4v) is 3.42. The van der Waals surface area contributed by atoms with Crippen molar-refractivity contribution in [2.24, 2.45) is 0 Å². The Bertz CT molecular complexity index is 619. The van der Waals surface area contributed by atoms with Crippen LogP contribution in [0.3, 0.4) is 0 Å². The third-order valence-corrected chi connectivity index (χ3v) is 4.90. The molecule has 0 radical (unpaired) electrons. The van der Waals surface area contributed by atoms with Gasteiger partial charge in [0.2, 0.25) is 0 Å². The SMILES string of the molecule is O=C(c1csc(CCc2ccccc2)n1)N1CCC(O)CC1. The summed E-state index contributed by atoms with van der Waals surface area (Å²) in [6.07, 6.45) is 2.87. The van der Waals surface area contributed by atoms with Crippen LogP contribution in [0.4, 0.5) is 0 Å². The van der Waals surface area contributed by atoms with Crippen molar-refractivity contribution < 1.29 is 9.90 Å². The van der Waals surface area contributed by atoms with Crippen LogP contribution >= 0.6 is 11.3 Å². The first-order chi connectivity index (χ1) is 10.7. The minimum Gasteiger partial charge on any atom is -0.393 e. The van der Waals surface area contributed by atoms with Gasteiger partial charge in [0.05, 0.1) is 11.1 Å². The highest BCUT2D eigenvalue weighted by molar-refractivity contribution is 7.09. The summed E-state index contributed by atoms with van der Waals surface area (Å²) in [6.45, 7) is 1.24. The molecule has 0 aliphatic carbocycles. The second-order valence-corrected chi connectivity index (χ2v) is 6.58. The third kappa shape index (κ3) is 3.72. The van der Waals surface area contributed by atoms with Gasteiger partial charge in [0.1, 0.15) is 5.69 Å². The average molecular weight is 316 g/mol. The van der Waals surface area contributed by atoms with Crippen molar-refractivity contribution in [2.75, 3.05) is 13.1 Å². The van der Waals surface area contributed by atoms with Crippen LogP contribution in [-0.4, -0.2) is 40.1 Å². The van der Waals surface area contributed by atoms with Crippen LogP contribution in [-0.2, 0) is 12.8 Å². The molecule has 0 spiro atoms.